The summed E-state index contributed by atoms with van der Waals surface area (Å²) in [6.45, 7) is 3.01. The third-order valence-electron chi connectivity index (χ3n) is 3.57. The van der Waals surface area contributed by atoms with E-state index in [4.69, 9.17) is 16.0 Å². The molecule has 1 unspecified atom stereocenters. The van der Waals surface area contributed by atoms with Crippen molar-refractivity contribution in [1.29, 1.82) is 0 Å². The average Bonchev–Trinajstić information content (AvgIpc) is 2.91. The molecule has 21 heavy (non-hydrogen) atoms. The minimum atomic E-state index is 0.170. The molecule has 0 amide bonds. The van der Waals surface area contributed by atoms with Crippen molar-refractivity contribution in [2.24, 2.45) is 0 Å². The Balaban J connectivity index is 1.91. The van der Waals surface area contributed by atoms with Crippen molar-refractivity contribution < 1.29 is 4.42 Å². The van der Waals surface area contributed by atoms with Crippen LogP contribution < -0.4 is 5.32 Å². The van der Waals surface area contributed by atoms with E-state index in [1.807, 2.05) is 24.3 Å². The summed E-state index contributed by atoms with van der Waals surface area (Å²) >= 11 is 6.04. The zero-order valence-corrected chi connectivity index (χ0v) is 12.7. The Bertz CT molecular complexity index is 720. The van der Waals surface area contributed by atoms with Gasteiger partial charge in [0.1, 0.15) is 11.3 Å². The fourth-order valence-corrected chi connectivity index (χ4v) is 2.76. The molecule has 2 aromatic carbocycles. The maximum atomic E-state index is 6.04. The van der Waals surface area contributed by atoms with Gasteiger partial charge in [0.2, 0.25) is 0 Å². The van der Waals surface area contributed by atoms with Crippen molar-refractivity contribution in [2.45, 2.75) is 19.4 Å². The van der Waals surface area contributed by atoms with E-state index in [0.29, 0.717) is 0 Å². The third kappa shape index (κ3) is 3.29. The van der Waals surface area contributed by atoms with E-state index in [1.54, 1.807) is 0 Å². The van der Waals surface area contributed by atoms with E-state index in [1.165, 1.54) is 5.56 Å². The molecule has 1 N–H and O–H groups in total. The van der Waals surface area contributed by atoms with Crippen LogP contribution in [0.2, 0.25) is 5.02 Å². The van der Waals surface area contributed by atoms with Gasteiger partial charge in [0.25, 0.3) is 0 Å². The quantitative estimate of drug-likeness (QED) is 0.719. The van der Waals surface area contributed by atoms with E-state index >= 15 is 0 Å². The van der Waals surface area contributed by atoms with Gasteiger partial charge in [-0.15, -0.1) is 0 Å². The summed E-state index contributed by atoms with van der Waals surface area (Å²) in [4.78, 5) is 0. The van der Waals surface area contributed by atoms with Crippen molar-refractivity contribution in [3.8, 4) is 0 Å². The first-order valence-corrected chi connectivity index (χ1v) is 7.60. The zero-order valence-electron chi connectivity index (χ0n) is 12.0. The van der Waals surface area contributed by atoms with Crippen LogP contribution in [-0.4, -0.2) is 6.54 Å². The topological polar surface area (TPSA) is 25.2 Å². The van der Waals surface area contributed by atoms with Crippen molar-refractivity contribution >= 4 is 22.6 Å². The predicted molar refractivity (Wildman–Crippen MR) is 87.8 cm³/mol. The van der Waals surface area contributed by atoms with E-state index in [-0.39, 0.29) is 6.04 Å². The Kier molecular flexibility index (Phi) is 4.28. The molecule has 0 saturated heterocycles. The molecule has 3 aromatic rings. The van der Waals surface area contributed by atoms with E-state index < -0.39 is 0 Å². The van der Waals surface area contributed by atoms with Gasteiger partial charge in [-0.1, -0.05) is 48.9 Å². The van der Waals surface area contributed by atoms with Crippen LogP contribution in [0.4, 0.5) is 0 Å². The van der Waals surface area contributed by atoms with Crippen molar-refractivity contribution in [2.75, 3.05) is 6.54 Å². The van der Waals surface area contributed by atoms with Gasteiger partial charge in [-0.2, -0.15) is 0 Å². The molecule has 1 aromatic heterocycles. The number of nitrogens with one attached hydrogen (secondary N) is 1. The minimum absolute atomic E-state index is 0.170. The fourth-order valence-electron chi connectivity index (χ4n) is 2.58. The lowest BCUT2D eigenvalue weighted by atomic mass is 10.0. The van der Waals surface area contributed by atoms with Gasteiger partial charge in [0, 0.05) is 10.4 Å². The van der Waals surface area contributed by atoms with Crippen molar-refractivity contribution in [3.05, 3.63) is 70.9 Å². The predicted octanol–water partition coefficient (Wildman–Crippen LogP) is 4.98. The summed E-state index contributed by atoms with van der Waals surface area (Å²) in [5.41, 5.74) is 2.17. The number of likely N-dealkylation sites (N-methyl/N-ethyl adjacent to an activating group) is 1. The van der Waals surface area contributed by atoms with Crippen LogP contribution in [-0.2, 0) is 6.42 Å². The summed E-state index contributed by atoms with van der Waals surface area (Å²) in [6.07, 6.45) is 0.905. The van der Waals surface area contributed by atoms with Crippen LogP contribution >= 0.6 is 11.6 Å². The fraction of sp³-hybridized carbons (Fsp3) is 0.222. The summed E-state index contributed by atoms with van der Waals surface area (Å²) < 4.78 is 5.99. The lowest BCUT2D eigenvalue weighted by Gasteiger charge is -2.15. The lowest BCUT2D eigenvalue weighted by Crippen LogP contribution is -2.22. The van der Waals surface area contributed by atoms with E-state index in [2.05, 4.69) is 42.6 Å². The van der Waals surface area contributed by atoms with E-state index in [0.717, 1.165) is 34.7 Å². The van der Waals surface area contributed by atoms with Crippen LogP contribution in [0.25, 0.3) is 11.0 Å². The molecule has 1 heterocycles. The van der Waals surface area contributed by atoms with Crippen LogP contribution in [0.1, 0.15) is 24.3 Å². The molecule has 108 valence electrons. The third-order valence-corrected chi connectivity index (χ3v) is 3.81. The molecule has 0 aliphatic heterocycles. The first kappa shape index (κ1) is 14.2. The van der Waals surface area contributed by atoms with Gasteiger partial charge in [0.15, 0.2) is 0 Å². The van der Waals surface area contributed by atoms with Gasteiger partial charge in [-0.3, -0.25) is 0 Å². The van der Waals surface area contributed by atoms with Gasteiger partial charge < -0.3 is 9.73 Å². The Labute approximate surface area is 129 Å². The van der Waals surface area contributed by atoms with Crippen LogP contribution in [0.5, 0.6) is 0 Å². The number of benzene rings is 2. The number of hydrogen-bond donors (Lipinski definition) is 1. The molecule has 0 spiro atoms. The zero-order chi connectivity index (χ0) is 14.7. The second-order valence-corrected chi connectivity index (χ2v) is 5.57. The van der Waals surface area contributed by atoms with Gasteiger partial charge in [0.05, 0.1) is 6.04 Å². The second kappa shape index (κ2) is 6.33. The maximum absolute atomic E-state index is 6.04. The molecule has 3 rings (SSSR count). The highest BCUT2D eigenvalue weighted by molar-refractivity contribution is 6.31. The first-order chi connectivity index (χ1) is 10.3. The average molecular weight is 300 g/mol. The highest BCUT2D eigenvalue weighted by atomic mass is 35.5. The normalized spacial score (nSPS) is 12.7. The number of halogens is 1. The second-order valence-electron chi connectivity index (χ2n) is 5.13. The Hall–Kier alpha value is -1.77. The Morgan fingerprint density at radius 1 is 1.10 bits per heavy atom. The number of rotatable bonds is 5. The highest BCUT2D eigenvalue weighted by Crippen LogP contribution is 2.28. The summed E-state index contributed by atoms with van der Waals surface area (Å²) in [6, 6.07) is 18.4. The van der Waals surface area contributed by atoms with E-state index in [9.17, 15) is 0 Å². The number of fused-ring (bicyclic) bond motifs is 1. The molecule has 0 aliphatic carbocycles. The molecule has 2 nitrogen and oxygen atoms in total. The molecule has 0 saturated carbocycles. The Morgan fingerprint density at radius 2 is 1.90 bits per heavy atom. The largest absolute Gasteiger partial charge is 0.459 e. The molecule has 0 radical (unpaired) electrons. The minimum Gasteiger partial charge on any atom is -0.459 e. The van der Waals surface area contributed by atoms with Gasteiger partial charge in [-0.25, -0.2) is 0 Å². The molecular formula is C18H18ClNO. The molecule has 0 fully saturated rings. The van der Waals surface area contributed by atoms with Crippen molar-refractivity contribution in [3.63, 3.8) is 0 Å². The summed E-state index contributed by atoms with van der Waals surface area (Å²) in [5, 5.41) is 5.28. The van der Waals surface area contributed by atoms with Gasteiger partial charge in [-0.05, 0) is 42.8 Å². The highest BCUT2D eigenvalue weighted by Gasteiger charge is 2.16. The molecule has 0 bridgehead atoms. The maximum Gasteiger partial charge on any atom is 0.134 e. The van der Waals surface area contributed by atoms with Gasteiger partial charge >= 0.3 is 0 Å². The summed E-state index contributed by atoms with van der Waals surface area (Å²) in [7, 11) is 0. The first-order valence-electron chi connectivity index (χ1n) is 7.22. The Morgan fingerprint density at radius 3 is 2.67 bits per heavy atom. The monoisotopic (exact) mass is 299 g/mol. The SMILES string of the molecule is CCNC(Cc1ccccc1)c1cc2cc(Cl)ccc2o1. The van der Waals surface area contributed by atoms with Crippen LogP contribution in [0, 0.1) is 0 Å². The smallest absolute Gasteiger partial charge is 0.134 e. The number of furan rings is 1. The molecular weight excluding hydrogens is 282 g/mol. The van der Waals surface area contributed by atoms with Crippen LogP contribution in [0.3, 0.4) is 0 Å². The summed E-state index contributed by atoms with van der Waals surface area (Å²) in [5.74, 6) is 0.956. The standard InChI is InChI=1S/C18H18ClNO/c1-2-20-16(10-13-6-4-3-5-7-13)18-12-14-11-15(19)8-9-17(14)21-18/h3-9,11-12,16,20H,2,10H2,1H3. The van der Waals surface area contributed by atoms with Crippen molar-refractivity contribution in [1.82, 2.24) is 5.32 Å². The molecule has 0 aliphatic rings. The van der Waals surface area contributed by atoms with Crippen LogP contribution in [0.15, 0.2) is 59.0 Å². The molecule has 1 atom stereocenters. The lowest BCUT2D eigenvalue weighted by molar-refractivity contribution is 0.435. The number of hydrogen-bond acceptors (Lipinski definition) is 2. The molecule has 3 heteroatoms.